The standard InChI is InChI=1S/C17H24FN3O3/c1-13(22)21-9-8-20(11-14(12-21)17(19)23)7-4-10-24-16-6-3-2-5-15(16)18/h2-3,5-6,14H,4,7-12H2,1H3,(H2,19,23)/t14-/m0/s1. The third-order valence-corrected chi connectivity index (χ3v) is 4.17. The van der Waals surface area contributed by atoms with Gasteiger partial charge in [-0.05, 0) is 18.6 Å². The molecule has 1 aromatic carbocycles. The van der Waals surface area contributed by atoms with E-state index in [1.165, 1.54) is 13.0 Å². The highest BCUT2D eigenvalue weighted by Crippen LogP contribution is 2.16. The molecule has 2 N–H and O–H groups in total. The summed E-state index contributed by atoms with van der Waals surface area (Å²) in [4.78, 5) is 26.9. The van der Waals surface area contributed by atoms with E-state index in [4.69, 9.17) is 10.5 Å². The number of rotatable bonds is 6. The predicted molar refractivity (Wildman–Crippen MR) is 87.9 cm³/mol. The summed E-state index contributed by atoms with van der Waals surface area (Å²) in [5, 5.41) is 0. The molecule has 0 aromatic heterocycles. The van der Waals surface area contributed by atoms with Gasteiger partial charge in [0.15, 0.2) is 11.6 Å². The number of para-hydroxylation sites is 1. The molecule has 6 nitrogen and oxygen atoms in total. The number of hydrogen-bond donors (Lipinski definition) is 1. The van der Waals surface area contributed by atoms with Crippen LogP contribution in [-0.2, 0) is 9.59 Å². The van der Waals surface area contributed by atoms with Crippen LogP contribution in [0.15, 0.2) is 24.3 Å². The molecule has 1 aliphatic heterocycles. The van der Waals surface area contributed by atoms with Gasteiger partial charge in [-0.2, -0.15) is 0 Å². The average Bonchev–Trinajstić information content (AvgIpc) is 2.76. The summed E-state index contributed by atoms with van der Waals surface area (Å²) in [5.41, 5.74) is 5.44. The molecule has 1 fully saturated rings. The summed E-state index contributed by atoms with van der Waals surface area (Å²) >= 11 is 0. The molecule has 0 saturated carbocycles. The lowest BCUT2D eigenvalue weighted by Gasteiger charge is -2.21. The van der Waals surface area contributed by atoms with Gasteiger partial charge in [0.25, 0.3) is 0 Å². The molecule has 0 spiro atoms. The Labute approximate surface area is 141 Å². The van der Waals surface area contributed by atoms with Gasteiger partial charge in [0.1, 0.15) is 0 Å². The Balaban J connectivity index is 1.82. The number of ether oxygens (including phenoxy) is 1. The van der Waals surface area contributed by atoms with Crippen LogP contribution in [0.25, 0.3) is 0 Å². The largest absolute Gasteiger partial charge is 0.490 e. The molecule has 24 heavy (non-hydrogen) atoms. The van der Waals surface area contributed by atoms with Crippen molar-refractivity contribution in [2.75, 3.05) is 39.3 Å². The van der Waals surface area contributed by atoms with Crippen molar-refractivity contribution < 1.29 is 18.7 Å². The Morgan fingerprint density at radius 2 is 2.04 bits per heavy atom. The van der Waals surface area contributed by atoms with E-state index in [1.54, 1.807) is 23.1 Å². The van der Waals surface area contributed by atoms with Gasteiger partial charge in [0, 0.05) is 39.6 Å². The molecule has 1 atom stereocenters. The zero-order valence-electron chi connectivity index (χ0n) is 13.9. The van der Waals surface area contributed by atoms with E-state index in [-0.39, 0.29) is 23.4 Å². The first-order chi connectivity index (χ1) is 11.5. The van der Waals surface area contributed by atoms with Crippen LogP contribution in [-0.4, -0.2) is 60.9 Å². The molecule has 2 amide bonds. The van der Waals surface area contributed by atoms with Crippen LogP contribution in [0, 0.1) is 11.7 Å². The van der Waals surface area contributed by atoms with Gasteiger partial charge < -0.3 is 20.3 Å². The average molecular weight is 337 g/mol. The highest BCUT2D eigenvalue weighted by atomic mass is 19.1. The van der Waals surface area contributed by atoms with Gasteiger partial charge in [-0.1, -0.05) is 12.1 Å². The fourth-order valence-electron chi connectivity index (χ4n) is 2.78. The number of hydrogen-bond acceptors (Lipinski definition) is 4. The summed E-state index contributed by atoms with van der Waals surface area (Å²) in [5.74, 6) is -0.949. The highest BCUT2D eigenvalue weighted by molar-refractivity contribution is 5.79. The fourth-order valence-corrected chi connectivity index (χ4v) is 2.78. The summed E-state index contributed by atoms with van der Waals surface area (Å²) < 4.78 is 18.9. The van der Waals surface area contributed by atoms with Crippen LogP contribution in [0.1, 0.15) is 13.3 Å². The smallest absolute Gasteiger partial charge is 0.223 e. The van der Waals surface area contributed by atoms with Crippen LogP contribution in [0.5, 0.6) is 5.75 Å². The third-order valence-electron chi connectivity index (χ3n) is 4.17. The monoisotopic (exact) mass is 337 g/mol. The predicted octanol–water partition coefficient (Wildman–Crippen LogP) is 0.860. The minimum Gasteiger partial charge on any atom is -0.490 e. The number of halogens is 1. The molecule has 0 radical (unpaired) electrons. The summed E-state index contributed by atoms with van der Waals surface area (Å²) in [6, 6.07) is 6.29. The lowest BCUT2D eigenvalue weighted by Crippen LogP contribution is -2.39. The van der Waals surface area contributed by atoms with Crippen LogP contribution in [0.2, 0.25) is 0 Å². The topological polar surface area (TPSA) is 75.9 Å². The molecular formula is C17H24FN3O3. The first-order valence-electron chi connectivity index (χ1n) is 8.12. The third kappa shape index (κ3) is 5.19. The highest BCUT2D eigenvalue weighted by Gasteiger charge is 2.27. The number of nitrogens with zero attached hydrogens (tertiary/aromatic N) is 2. The van der Waals surface area contributed by atoms with Crippen molar-refractivity contribution in [1.82, 2.24) is 9.80 Å². The van der Waals surface area contributed by atoms with Gasteiger partial charge in [-0.25, -0.2) is 4.39 Å². The maximum absolute atomic E-state index is 13.5. The molecule has 132 valence electrons. The van der Waals surface area contributed by atoms with Gasteiger partial charge in [0.2, 0.25) is 11.8 Å². The van der Waals surface area contributed by atoms with E-state index in [0.29, 0.717) is 45.8 Å². The second-order valence-corrected chi connectivity index (χ2v) is 6.00. The minimum atomic E-state index is -0.393. The SMILES string of the molecule is CC(=O)N1CCN(CCCOc2ccccc2F)C[C@H](C(N)=O)C1. The Morgan fingerprint density at radius 1 is 1.29 bits per heavy atom. The van der Waals surface area contributed by atoms with Gasteiger partial charge in [-0.3, -0.25) is 9.59 Å². The molecule has 7 heteroatoms. The molecule has 1 aromatic rings. The van der Waals surface area contributed by atoms with Crippen molar-refractivity contribution in [2.24, 2.45) is 11.7 Å². The van der Waals surface area contributed by atoms with Gasteiger partial charge >= 0.3 is 0 Å². The molecule has 1 heterocycles. The van der Waals surface area contributed by atoms with Gasteiger partial charge in [0.05, 0.1) is 12.5 Å². The fraction of sp³-hybridized carbons (Fsp3) is 0.529. The Kier molecular flexibility index (Phi) is 6.54. The number of carbonyl (C=O) groups excluding carboxylic acids is 2. The maximum Gasteiger partial charge on any atom is 0.223 e. The van der Waals surface area contributed by atoms with Crippen LogP contribution < -0.4 is 10.5 Å². The first kappa shape index (κ1) is 18.2. The zero-order chi connectivity index (χ0) is 17.5. The van der Waals surface area contributed by atoms with E-state index in [1.807, 2.05) is 0 Å². The lowest BCUT2D eigenvalue weighted by atomic mass is 10.1. The number of nitrogens with two attached hydrogens (primary N) is 1. The molecule has 0 unspecified atom stereocenters. The van der Waals surface area contributed by atoms with E-state index < -0.39 is 5.91 Å². The number of amides is 2. The summed E-state index contributed by atoms with van der Waals surface area (Å²) in [6.45, 7) is 4.73. The second-order valence-electron chi connectivity index (χ2n) is 6.00. The van der Waals surface area contributed by atoms with E-state index in [9.17, 15) is 14.0 Å². The van der Waals surface area contributed by atoms with Crippen molar-refractivity contribution >= 4 is 11.8 Å². The first-order valence-corrected chi connectivity index (χ1v) is 8.12. The van der Waals surface area contributed by atoms with Crippen molar-refractivity contribution in [1.29, 1.82) is 0 Å². The van der Waals surface area contributed by atoms with Crippen molar-refractivity contribution in [3.05, 3.63) is 30.1 Å². The number of benzene rings is 1. The van der Waals surface area contributed by atoms with Crippen molar-refractivity contribution in [3.63, 3.8) is 0 Å². The normalized spacial score (nSPS) is 18.9. The van der Waals surface area contributed by atoms with Crippen molar-refractivity contribution in [2.45, 2.75) is 13.3 Å². The molecule has 1 saturated heterocycles. The molecule has 0 aliphatic carbocycles. The molecule has 2 rings (SSSR count). The molecule has 1 aliphatic rings. The number of primary amides is 1. The second kappa shape index (κ2) is 8.63. The minimum absolute atomic E-state index is 0.0500. The van der Waals surface area contributed by atoms with E-state index in [2.05, 4.69) is 4.90 Å². The van der Waals surface area contributed by atoms with E-state index in [0.717, 1.165) is 0 Å². The summed E-state index contributed by atoms with van der Waals surface area (Å²) in [7, 11) is 0. The Morgan fingerprint density at radius 3 is 2.71 bits per heavy atom. The molecule has 0 bridgehead atoms. The van der Waals surface area contributed by atoms with Crippen LogP contribution in [0.4, 0.5) is 4.39 Å². The lowest BCUT2D eigenvalue weighted by molar-refractivity contribution is -0.130. The van der Waals surface area contributed by atoms with Gasteiger partial charge in [-0.15, -0.1) is 0 Å². The number of carbonyl (C=O) groups is 2. The summed E-state index contributed by atoms with van der Waals surface area (Å²) in [6.07, 6.45) is 0.694. The van der Waals surface area contributed by atoms with Crippen LogP contribution >= 0.6 is 0 Å². The maximum atomic E-state index is 13.5. The zero-order valence-corrected chi connectivity index (χ0v) is 13.9. The quantitative estimate of drug-likeness (QED) is 0.781. The van der Waals surface area contributed by atoms with Crippen molar-refractivity contribution in [3.8, 4) is 5.75 Å². The van der Waals surface area contributed by atoms with E-state index >= 15 is 0 Å². The van der Waals surface area contributed by atoms with Crippen LogP contribution in [0.3, 0.4) is 0 Å². The Bertz CT molecular complexity index is 582. The Hall–Kier alpha value is -2.15. The molecular weight excluding hydrogens is 313 g/mol.